The van der Waals surface area contributed by atoms with Crippen molar-refractivity contribution in [1.82, 2.24) is 4.72 Å². The lowest BCUT2D eigenvalue weighted by Crippen LogP contribution is -2.43. The molecule has 2 N–H and O–H groups in total. The SMILES string of the molecule is COCCOCCS(=O)(=O)N[C@H](CC(C)C)C(=O)O. The molecule has 1 atom stereocenters. The van der Waals surface area contributed by atoms with Gasteiger partial charge in [-0.15, -0.1) is 0 Å². The number of ether oxygens (including phenoxy) is 2. The van der Waals surface area contributed by atoms with E-state index in [0.717, 1.165) is 0 Å². The first-order valence-corrected chi connectivity index (χ1v) is 7.73. The van der Waals surface area contributed by atoms with E-state index in [2.05, 4.69) is 4.72 Å². The maximum absolute atomic E-state index is 11.7. The maximum atomic E-state index is 11.7. The lowest BCUT2D eigenvalue weighted by atomic mass is 10.1. The lowest BCUT2D eigenvalue weighted by Gasteiger charge is -2.16. The van der Waals surface area contributed by atoms with Gasteiger partial charge in [-0.25, -0.2) is 13.1 Å². The number of carboxylic acid groups (broad SMARTS) is 1. The summed E-state index contributed by atoms with van der Waals surface area (Å²) in [5.74, 6) is -1.35. The third-order valence-electron chi connectivity index (χ3n) is 2.26. The second kappa shape index (κ2) is 9.24. The first-order chi connectivity index (χ1) is 8.78. The van der Waals surface area contributed by atoms with Gasteiger partial charge in [0, 0.05) is 7.11 Å². The summed E-state index contributed by atoms with van der Waals surface area (Å²) in [4.78, 5) is 11.0. The Morgan fingerprint density at radius 1 is 1.26 bits per heavy atom. The molecule has 0 bridgehead atoms. The van der Waals surface area contributed by atoms with Crippen LogP contribution in [0, 0.1) is 5.92 Å². The standard InChI is InChI=1S/C11H23NO6S/c1-9(2)8-10(11(13)14)12-19(15,16)7-6-18-5-4-17-3/h9-10,12H,4-8H2,1-3H3,(H,13,14)/t10-/m1/s1. The van der Waals surface area contributed by atoms with Crippen LogP contribution in [0.5, 0.6) is 0 Å². The number of methoxy groups -OCH3 is 1. The number of nitrogens with one attached hydrogen (secondary N) is 1. The van der Waals surface area contributed by atoms with E-state index >= 15 is 0 Å². The molecule has 0 aliphatic rings. The summed E-state index contributed by atoms with van der Waals surface area (Å²) in [6.45, 7) is 4.36. The minimum Gasteiger partial charge on any atom is -0.480 e. The first-order valence-electron chi connectivity index (χ1n) is 6.08. The van der Waals surface area contributed by atoms with Gasteiger partial charge in [0.1, 0.15) is 6.04 Å². The van der Waals surface area contributed by atoms with Crippen molar-refractivity contribution in [2.45, 2.75) is 26.3 Å². The van der Waals surface area contributed by atoms with Crippen molar-refractivity contribution in [1.29, 1.82) is 0 Å². The Morgan fingerprint density at radius 2 is 1.89 bits per heavy atom. The minimum absolute atomic E-state index is 0.00666. The number of carboxylic acids is 1. The molecule has 0 saturated carbocycles. The van der Waals surface area contributed by atoms with Gasteiger partial charge in [-0.3, -0.25) is 4.79 Å². The molecule has 0 aromatic carbocycles. The van der Waals surface area contributed by atoms with Crippen LogP contribution in [-0.2, 0) is 24.3 Å². The fourth-order valence-corrected chi connectivity index (χ4v) is 2.45. The highest BCUT2D eigenvalue weighted by atomic mass is 32.2. The van der Waals surface area contributed by atoms with Gasteiger partial charge in [0.25, 0.3) is 0 Å². The van der Waals surface area contributed by atoms with E-state index in [1.165, 1.54) is 7.11 Å². The van der Waals surface area contributed by atoms with Crippen LogP contribution in [0.15, 0.2) is 0 Å². The van der Waals surface area contributed by atoms with Crippen LogP contribution in [0.25, 0.3) is 0 Å². The van der Waals surface area contributed by atoms with Crippen molar-refractivity contribution in [2.24, 2.45) is 5.92 Å². The summed E-state index contributed by atoms with van der Waals surface area (Å²) in [5.41, 5.74) is 0. The van der Waals surface area contributed by atoms with Gasteiger partial charge < -0.3 is 14.6 Å². The van der Waals surface area contributed by atoms with Crippen molar-refractivity contribution in [2.75, 3.05) is 32.7 Å². The van der Waals surface area contributed by atoms with Gasteiger partial charge in [-0.1, -0.05) is 13.8 Å². The Kier molecular flexibility index (Phi) is 8.90. The van der Waals surface area contributed by atoms with Gasteiger partial charge in [0.05, 0.1) is 25.6 Å². The highest BCUT2D eigenvalue weighted by molar-refractivity contribution is 7.89. The second-order valence-corrected chi connectivity index (χ2v) is 6.44. The molecule has 0 rings (SSSR count). The molecular weight excluding hydrogens is 274 g/mol. The Labute approximate surface area is 114 Å². The van der Waals surface area contributed by atoms with Gasteiger partial charge in [-0.05, 0) is 12.3 Å². The van der Waals surface area contributed by atoms with Crippen molar-refractivity contribution in [3.8, 4) is 0 Å². The van der Waals surface area contributed by atoms with Crippen LogP contribution in [0.2, 0.25) is 0 Å². The quantitative estimate of drug-likeness (QED) is 0.523. The molecule has 0 saturated heterocycles. The summed E-state index contributed by atoms with van der Waals surface area (Å²) in [7, 11) is -2.14. The number of carbonyl (C=O) groups is 1. The molecule has 0 unspecified atom stereocenters. The third-order valence-corrected chi connectivity index (χ3v) is 3.60. The van der Waals surface area contributed by atoms with E-state index in [1.807, 2.05) is 13.8 Å². The molecule has 0 heterocycles. The van der Waals surface area contributed by atoms with E-state index < -0.39 is 22.0 Å². The topological polar surface area (TPSA) is 102 Å². The zero-order chi connectivity index (χ0) is 14.9. The molecule has 8 heteroatoms. The van der Waals surface area contributed by atoms with E-state index in [4.69, 9.17) is 14.6 Å². The normalized spacial score (nSPS) is 13.7. The molecule has 0 amide bonds. The number of aliphatic carboxylic acids is 1. The average molecular weight is 297 g/mol. The molecule has 0 aliphatic carbocycles. The van der Waals surface area contributed by atoms with Crippen molar-refractivity contribution < 1.29 is 27.8 Å². The number of hydrogen-bond donors (Lipinski definition) is 2. The molecule has 19 heavy (non-hydrogen) atoms. The van der Waals surface area contributed by atoms with Gasteiger partial charge in [-0.2, -0.15) is 0 Å². The highest BCUT2D eigenvalue weighted by Crippen LogP contribution is 2.06. The summed E-state index contributed by atoms with van der Waals surface area (Å²) in [6, 6.07) is -1.09. The number of hydrogen-bond acceptors (Lipinski definition) is 5. The zero-order valence-corrected chi connectivity index (χ0v) is 12.4. The zero-order valence-electron chi connectivity index (χ0n) is 11.6. The second-order valence-electron chi connectivity index (χ2n) is 4.56. The first kappa shape index (κ1) is 18.3. The summed E-state index contributed by atoms with van der Waals surface area (Å²) >= 11 is 0. The van der Waals surface area contributed by atoms with Crippen LogP contribution in [0.1, 0.15) is 20.3 Å². The van der Waals surface area contributed by atoms with Crippen molar-refractivity contribution in [3.63, 3.8) is 0 Å². The van der Waals surface area contributed by atoms with Gasteiger partial charge in [0.15, 0.2) is 0 Å². The van der Waals surface area contributed by atoms with Gasteiger partial charge >= 0.3 is 5.97 Å². The molecule has 0 aliphatic heterocycles. The van der Waals surface area contributed by atoms with Crippen LogP contribution in [-0.4, -0.2) is 58.2 Å². The molecular formula is C11H23NO6S. The number of rotatable bonds is 11. The monoisotopic (exact) mass is 297 g/mol. The molecule has 7 nitrogen and oxygen atoms in total. The smallest absolute Gasteiger partial charge is 0.321 e. The highest BCUT2D eigenvalue weighted by Gasteiger charge is 2.24. The largest absolute Gasteiger partial charge is 0.480 e. The van der Waals surface area contributed by atoms with Crippen LogP contribution in [0.4, 0.5) is 0 Å². The van der Waals surface area contributed by atoms with Crippen LogP contribution in [0.3, 0.4) is 0 Å². The fraction of sp³-hybridized carbons (Fsp3) is 0.909. The van der Waals surface area contributed by atoms with Crippen LogP contribution >= 0.6 is 0 Å². The van der Waals surface area contributed by atoms with Crippen molar-refractivity contribution >= 4 is 16.0 Å². The summed E-state index contributed by atoms with van der Waals surface area (Å²) in [6.07, 6.45) is 0.249. The Balaban J connectivity index is 4.20. The summed E-state index contributed by atoms with van der Waals surface area (Å²) in [5, 5.41) is 8.95. The maximum Gasteiger partial charge on any atom is 0.321 e. The van der Waals surface area contributed by atoms with E-state index in [9.17, 15) is 13.2 Å². The minimum atomic E-state index is -3.66. The average Bonchev–Trinajstić information content (AvgIpc) is 2.26. The van der Waals surface area contributed by atoms with E-state index in [0.29, 0.717) is 13.2 Å². The van der Waals surface area contributed by atoms with E-state index in [-0.39, 0.29) is 24.7 Å². The fourth-order valence-electron chi connectivity index (χ4n) is 1.36. The predicted octanol–water partition coefficient (Wildman–Crippen LogP) is 0.0681. The third kappa shape index (κ3) is 9.83. The number of sulfonamides is 1. The van der Waals surface area contributed by atoms with Gasteiger partial charge in [0.2, 0.25) is 10.0 Å². The molecule has 0 aromatic heterocycles. The van der Waals surface area contributed by atoms with Crippen LogP contribution < -0.4 is 4.72 Å². The lowest BCUT2D eigenvalue weighted by molar-refractivity contribution is -0.139. The van der Waals surface area contributed by atoms with Crippen molar-refractivity contribution in [3.05, 3.63) is 0 Å². The molecule has 0 aromatic rings. The molecule has 0 radical (unpaired) electrons. The Hall–Kier alpha value is -0.700. The molecule has 0 fully saturated rings. The molecule has 114 valence electrons. The Morgan fingerprint density at radius 3 is 2.37 bits per heavy atom. The Bertz CT molecular complexity index is 354. The summed E-state index contributed by atoms with van der Waals surface area (Å²) < 4.78 is 35.3. The predicted molar refractivity (Wildman–Crippen MR) is 70.5 cm³/mol. The molecule has 0 spiro atoms. The van der Waals surface area contributed by atoms with E-state index in [1.54, 1.807) is 0 Å².